The van der Waals surface area contributed by atoms with E-state index < -0.39 is 0 Å². The molecule has 1 heterocycles. The second-order valence-electron chi connectivity index (χ2n) is 2.80. The SMILES string of the molecule is Cc1[nH]c(=O)sc1C(=O)NCCCO. The number of amides is 1. The van der Waals surface area contributed by atoms with Crippen LogP contribution in [-0.2, 0) is 0 Å². The molecule has 0 unspecified atom stereocenters. The van der Waals surface area contributed by atoms with E-state index >= 15 is 0 Å². The third-order valence-corrected chi connectivity index (χ3v) is 2.63. The first kappa shape index (κ1) is 10.9. The van der Waals surface area contributed by atoms with Crippen molar-refractivity contribution in [3.05, 3.63) is 20.2 Å². The van der Waals surface area contributed by atoms with Crippen molar-refractivity contribution in [2.45, 2.75) is 13.3 Å². The van der Waals surface area contributed by atoms with Gasteiger partial charge in [-0.3, -0.25) is 9.59 Å². The molecule has 78 valence electrons. The van der Waals surface area contributed by atoms with E-state index in [2.05, 4.69) is 10.3 Å². The van der Waals surface area contributed by atoms with Crippen molar-refractivity contribution in [2.75, 3.05) is 13.2 Å². The highest BCUT2D eigenvalue weighted by Gasteiger charge is 2.11. The Morgan fingerprint density at radius 3 is 2.86 bits per heavy atom. The van der Waals surface area contributed by atoms with Gasteiger partial charge in [-0.25, -0.2) is 0 Å². The summed E-state index contributed by atoms with van der Waals surface area (Å²) < 4.78 is 0. The number of rotatable bonds is 4. The molecular weight excluding hydrogens is 204 g/mol. The lowest BCUT2D eigenvalue weighted by Crippen LogP contribution is -2.24. The van der Waals surface area contributed by atoms with E-state index in [0.29, 0.717) is 23.5 Å². The van der Waals surface area contributed by atoms with Crippen molar-refractivity contribution in [3.8, 4) is 0 Å². The second kappa shape index (κ2) is 4.92. The number of thiazole rings is 1. The minimum Gasteiger partial charge on any atom is -0.396 e. The van der Waals surface area contributed by atoms with Crippen LogP contribution in [0.1, 0.15) is 21.8 Å². The molecule has 0 saturated carbocycles. The average molecular weight is 216 g/mol. The summed E-state index contributed by atoms with van der Waals surface area (Å²) in [4.78, 5) is 25.0. The number of aromatic nitrogens is 1. The van der Waals surface area contributed by atoms with Gasteiger partial charge in [0, 0.05) is 18.8 Å². The molecule has 1 amide bonds. The zero-order valence-electron chi connectivity index (χ0n) is 7.79. The smallest absolute Gasteiger partial charge is 0.305 e. The first-order valence-corrected chi connectivity index (χ1v) is 5.05. The van der Waals surface area contributed by atoms with Gasteiger partial charge in [-0.2, -0.15) is 0 Å². The van der Waals surface area contributed by atoms with Gasteiger partial charge < -0.3 is 15.4 Å². The number of aryl methyl sites for hydroxylation is 1. The normalized spacial score (nSPS) is 10.1. The van der Waals surface area contributed by atoms with Crippen LogP contribution in [0.15, 0.2) is 4.79 Å². The van der Waals surface area contributed by atoms with Gasteiger partial charge in [0.05, 0.1) is 0 Å². The third-order valence-electron chi connectivity index (χ3n) is 1.65. The maximum Gasteiger partial charge on any atom is 0.305 e. The molecule has 0 spiro atoms. The van der Waals surface area contributed by atoms with E-state index in [-0.39, 0.29) is 17.4 Å². The minimum atomic E-state index is -0.265. The van der Waals surface area contributed by atoms with E-state index in [1.807, 2.05) is 0 Å². The third kappa shape index (κ3) is 2.68. The van der Waals surface area contributed by atoms with Gasteiger partial charge in [-0.1, -0.05) is 11.3 Å². The molecule has 1 rings (SSSR count). The standard InChI is InChI=1S/C8H12N2O3S/c1-5-6(14-8(13)10-5)7(12)9-3-2-4-11/h11H,2-4H2,1H3,(H,9,12)(H,10,13). The van der Waals surface area contributed by atoms with Crippen LogP contribution in [0.25, 0.3) is 0 Å². The van der Waals surface area contributed by atoms with Gasteiger partial charge >= 0.3 is 4.87 Å². The number of H-pyrrole nitrogens is 1. The van der Waals surface area contributed by atoms with Crippen molar-refractivity contribution in [1.29, 1.82) is 0 Å². The number of hydrogen-bond donors (Lipinski definition) is 3. The second-order valence-corrected chi connectivity index (χ2v) is 3.78. The summed E-state index contributed by atoms with van der Waals surface area (Å²) in [7, 11) is 0. The summed E-state index contributed by atoms with van der Waals surface area (Å²) in [6, 6.07) is 0. The largest absolute Gasteiger partial charge is 0.396 e. The van der Waals surface area contributed by atoms with Gasteiger partial charge in [0.2, 0.25) is 0 Å². The van der Waals surface area contributed by atoms with Gasteiger partial charge in [-0.05, 0) is 13.3 Å². The molecule has 0 aliphatic carbocycles. The fourth-order valence-electron chi connectivity index (χ4n) is 0.983. The molecule has 6 heteroatoms. The van der Waals surface area contributed by atoms with Crippen LogP contribution in [0.3, 0.4) is 0 Å². The number of aromatic amines is 1. The Labute approximate surface area is 84.8 Å². The number of carbonyl (C=O) groups excluding carboxylic acids is 1. The van der Waals surface area contributed by atoms with E-state index in [1.54, 1.807) is 6.92 Å². The molecule has 3 N–H and O–H groups in total. The van der Waals surface area contributed by atoms with Crippen molar-refractivity contribution in [1.82, 2.24) is 10.3 Å². The first-order valence-electron chi connectivity index (χ1n) is 4.24. The van der Waals surface area contributed by atoms with Crippen molar-refractivity contribution >= 4 is 17.2 Å². The molecule has 5 nitrogen and oxygen atoms in total. The molecule has 0 radical (unpaired) electrons. The number of hydrogen-bond acceptors (Lipinski definition) is 4. The lowest BCUT2D eigenvalue weighted by atomic mass is 10.3. The monoisotopic (exact) mass is 216 g/mol. The lowest BCUT2D eigenvalue weighted by Gasteiger charge is -2.01. The summed E-state index contributed by atoms with van der Waals surface area (Å²) in [5.41, 5.74) is 0.585. The molecule has 0 aliphatic rings. The highest BCUT2D eigenvalue weighted by Crippen LogP contribution is 2.06. The Morgan fingerprint density at radius 1 is 1.64 bits per heavy atom. The Kier molecular flexibility index (Phi) is 3.84. The van der Waals surface area contributed by atoms with Gasteiger partial charge in [0.1, 0.15) is 4.88 Å². The molecule has 0 bridgehead atoms. The van der Waals surface area contributed by atoms with E-state index in [4.69, 9.17) is 5.11 Å². The molecule has 0 atom stereocenters. The first-order chi connectivity index (χ1) is 6.65. The number of aliphatic hydroxyl groups is 1. The number of aliphatic hydroxyl groups excluding tert-OH is 1. The van der Waals surface area contributed by atoms with Crippen LogP contribution in [0.2, 0.25) is 0 Å². The van der Waals surface area contributed by atoms with E-state index in [0.717, 1.165) is 11.3 Å². The summed E-state index contributed by atoms with van der Waals surface area (Å²) in [5, 5.41) is 11.1. The fraction of sp³-hybridized carbons (Fsp3) is 0.500. The molecule has 1 aromatic rings. The fourth-order valence-corrected chi connectivity index (χ4v) is 1.74. The molecule has 0 aromatic carbocycles. The highest BCUT2D eigenvalue weighted by molar-refractivity contribution is 7.11. The van der Waals surface area contributed by atoms with Crippen molar-refractivity contribution in [3.63, 3.8) is 0 Å². The molecule has 0 aliphatic heterocycles. The van der Waals surface area contributed by atoms with Crippen LogP contribution >= 0.6 is 11.3 Å². The predicted octanol–water partition coefficient (Wildman–Crippen LogP) is -0.143. The summed E-state index contributed by atoms with van der Waals surface area (Å²) in [6.07, 6.45) is 0.518. The summed E-state index contributed by atoms with van der Waals surface area (Å²) in [5.74, 6) is -0.265. The maximum atomic E-state index is 11.4. The molecule has 14 heavy (non-hydrogen) atoms. The lowest BCUT2D eigenvalue weighted by molar-refractivity contribution is 0.0954. The van der Waals surface area contributed by atoms with E-state index in [1.165, 1.54) is 0 Å². The predicted molar refractivity (Wildman–Crippen MR) is 53.7 cm³/mol. The van der Waals surface area contributed by atoms with E-state index in [9.17, 15) is 9.59 Å². The highest BCUT2D eigenvalue weighted by atomic mass is 32.1. The van der Waals surface area contributed by atoms with Crippen molar-refractivity contribution < 1.29 is 9.90 Å². The van der Waals surface area contributed by atoms with Gasteiger partial charge in [-0.15, -0.1) is 0 Å². The Bertz CT molecular complexity index is 369. The number of nitrogens with one attached hydrogen (secondary N) is 2. The molecule has 1 aromatic heterocycles. The molecular formula is C8H12N2O3S. The minimum absolute atomic E-state index is 0.0443. The number of carbonyl (C=O) groups is 1. The van der Waals surface area contributed by atoms with Crippen LogP contribution in [0.4, 0.5) is 0 Å². The Balaban J connectivity index is 2.60. The quantitative estimate of drug-likeness (QED) is 0.612. The topological polar surface area (TPSA) is 82.2 Å². The Morgan fingerprint density at radius 2 is 2.36 bits per heavy atom. The molecule has 0 fully saturated rings. The average Bonchev–Trinajstić information content (AvgIpc) is 2.45. The van der Waals surface area contributed by atoms with Crippen LogP contribution in [0.5, 0.6) is 0 Å². The van der Waals surface area contributed by atoms with Crippen molar-refractivity contribution in [2.24, 2.45) is 0 Å². The summed E-state index contributed by atoms with van der Waals surface area (Å²) in [6.45, 7) is 2.14. The zero-order valence-corrected chi connectivity index (χ0v) is 8.61. The van der Waals surface area contributed by atoms with Crippen LogP contribution in [-0.4, -0.2) is 29.1 Å². The van der Waals surface area contributed by atoms with Crippen LogP contribution < -0.4 is 10.2 Å². The zero-order chi connectivity index (χ0) is 10.6. The summed E-state index contributed by atoms with van der Waals surface area (Å²) >= 11 is 0.895. The van der Waals surface area contributed by atoms with Crippen LogP contribution in [0, 0.1) is 6.92 Å². The maximum absolute atomic E-state index is 11.4. The van der Waals surface area contributed by atoms with Gasteiger partial charge in [0.15, 0.2) is 0 Å². The van der Waals surface area contributed by atoms with Gasteiger partial charge in [0.25, 0.3) is 5.91 Å². The molecule has 0 saturated heterocycles. The Hall–Kier alpha value is -1.14.